The van der Waals surface area contributed by atoms with Crippen LogP contribution in [0.3, 0.4) is 0 Å². The molecule has 0 saturated carbocycles. The van der Waals surface area contributed by atoms with Crippen LogP contribution in [0.5, 0.6) is 0 Å². The third kappa shape index (κ3) is 4.12. The molecule has 1 amide bonds. The molecule has 2 bridgehead atoms. The highest BCUT2D eigenvalue weighted by Crippen LogP contribution is 2.48. The molecule has 3 heterocycles. The van der Waals surface area contributed by atoms with Gasteiger partial charge in [-0.15, -0.1) is 0 Å². The molecule has 168 valence electrons. The quantitative estimate of drug-likeness (QED) is 0.531. The highest BCUT2D eigenvalue weighted by Gasteiger charge is 2.62. The molecular formula is C24H31FN2O4. The van der Waals surface area contributed by atoms with Crippen LogP contribution in [0.15, 0.2) is 24.3 Å². The maximum Gasteiger partial charge on any atom is 0.321 e. The van der Waals surface area contributed by atoms with Gasteiger partial charge in [0.25, 0.3) is 0 Å². The fourth-order valence-electron chi connectivity index (χ4n) is 5.70. The minimum atomic E-state index is -1.47. The summed E-state index contributed by atoms with van der Waals surface area (Å²) < 4.78 is 18.5. The number of methoxy groups -OCH3 is 1. The number of nitrogens with zero attached hydrogens (tertiary/aromatic N) is 2. The zero-order valence-electron chi connectivity index (χ0n) is 18.1. The molecule has 0 unspecified atom stereocenters. The number of likely N-dealkylation sites (tertiary alicyclic amines) is 1. The van der Waals surface area contributed by atoms with Gasteiger partial charge in [0.1, 0.15) is 5.82 Å². The molecule has 0 aliphatic carbocycles. The van der Waals surface area contributed by atoms with Crippen LogP contribution in [-0.4, -0.2) is 59.7 Å². The number of esters is 1. The Labute approximate surface area is 182 Å². The van der Waals surface area contributed by atoms with Crippen LogP contribution in [0.2, 0.25) is 0 Å². The Morgan fingerprint density at radius 2 is 1.77 bits per heavy atom. The lowest BCUT2D eigenvalue weighted by Gasteiger charge is -2.45. The number of ether oxygens (including phenoxy) is 1. The minimum absolute atomic E-state index is 0.0358. The molecule has 6 nitrogen and oxygen atoms in total. The summed E-state index contributed by atoms with van der Waals surface area (Å²) >= 11 is 0. The van der Waals surface area contributed by atoms with Gasteiger partial charge in [-0.2, -0.15) is 0 Å². The number of benzene rings is 1. The Morgan fingerprint density at radius 3 is 2.42 bits per heavy atom. The van der Waals surface area contributed by atoms with Gasteiger partial charge in [-0.25, -0.2) is 4.39 Å². The Morgan fingerprint density at radius 1 is 1.10 bits per heavy atom. The van der Waals surface area contributed by atoms with E-state index >= 15 is 0 Å². The highest BCUT2D eigenvalue weighted by atomic mass is 19.1. The predicted octanol–water partition coefficient (Wildman–Crippen LogP) is 3.08. The highest BCUT2D eigenvalue weighted by molar-refractivity contribution is 6.08. The molecule has 0 N–H and O–H groups in total. The van der Waals surface area contributed by atoms with Crippen molar-refractivity contribution in [3.8, 4) is 0 Å². The summed E-state index contributed by atoms with van der Waals surface area (Å²) in [5, 5.41) is 0. The number of rotatable bonds is 5. The number of fused-ring (bicyclic) bond motifs is 2. The van der Waals surface area contributed by atoms with Crippen molar-refractivity contribution in [1.82, 2.24) is 9.80 Å². The minimum Gasteiger partial charge on any atom is -0.468 e. The van der Waals surface area contributed by atoms with Crippen molar-refractivity contribution in [1.29, 1.82) is 0 Å². The summed E-state index contributed by atoms with van der Waals surface area (Å²) in [5.74, 6) is -1.21. The fraction of sp³-hybridized carbons (Fsp3) is 0.625. The summed E-state index contributed by atoms with van der Waals surface area (Å²) in [6, 6.07) is 5.95. The van der Waals surface area contributed by atoms with E-state index in [0.29, 0.717) is 26.1 Å². The van der Waals surface area contributed by atoms with E-state index in [0.717, 1.165) is 37.7 Å². The van der Waals surface area contributed by atoms with Gasteiger partial charge in [0.2, 0.25) is 5.91 Å². The third-order valence-corrected chi connectivity index (χ3v) is 7.35. The molecule has 0 radical (unpaired) electrons. The normalized spacial score (nSPS) is 29.0. The Balaban J connectivity index is 1.63. The van der Waals surface area contributed by atoms with Gasteiger partial charge in [0.15, 0.2) is 11.2 Å². The second-order valence-electron chi connectivity index (χ2n) is 9.11. The largest absolute Gasteiger partial charge is 0.468 e. The maximum absolute atomic E-state index is 13.4. The van der Waals surface area contributed by atoms with Crippen molar-refractivity contribution in [2.24, 2.45) is 5.41 Å². The fourth-order valence-corrected chi connectivity index (χ4v) is 5.70. The van der Waals surface area contributed by atoms with E-state index in [4.69, 9.17) is 4.74 Å². The summed E-state index contributed by atoms with van der Waals surface area (Å²) in [7, 11) is 1.29. The van der Waals surface area contributed by atoms with E-state index in [2.05, 4.69) is 4.90 Å². The smallest absolute Gasteiger partial charge is 0.321 e. The first-order valence-electron chi connectivity index (χ1n) is 11.4. The zero-order chi connectivity index (χ0) is 22.0. The van der Waals surface area contributed by atoms with Crippen LogP contribution in [0.1, 0.15) is 56.9 Å². The number of hydrogen-bond donors (Lipinski definition) is 0. The summed E-state index contributed by atoms with van der Waals surface area (Å²) in [6.45, 7) is 1.87. The van der Waals surface area contributed by atoms with Crippen molar-refractivity contribution in [3.05, 3.63) is 35.6 Å². The Bertz CT molecular complexity index is 834. The second kappa shape index (κ2) is 9.07. The second-order valence-corrected chi connectivity index (χ2v) is 9.11. The average molecular weight is 431 g/mol. The number of carbonyl (C=O) groups is 3. The molecule has 0 aromatic heterocycles. The number of piperidine rings is 1. The van der Waals surface area contributed by atoms with Crippen LogP contribution in [0, 0.1) is 11.2 Å². The first kappa shape index (κ1) is 21.9. The summed E-state index contributed by atoms with van der Waals surface area (Å²) in [4.78, 5) is 43.7. The van der Waals surface area contributed by atoms with Crippen molar-refractivity contribution in [3.63, 3.8) is 0 Å². The topological polar surface area (TPSA) is 66.9 Å². The number of hydrogen-bond acceptors (Lipinski definition) is 5. The van der Waals surface area contributed by atoms with E-state index in [9.17, 15) is 18.8 Å². The zero-order valence-corrected chi connectivity index (χ0v) is 18.1. The standard InChI is InChI=1S/C24H31FN2O4/c1-31-23(30)24(15-22(29)26-12-4-2-3-5-13-26)20-11-10-19(14-21(24)28)27(20)16-17-6-8-18(25)9-7-17/h6-9,19-20H,2-5,10-16H2,1H3/t19-,20+,24+/m1/s1. The predicted molar refractivity (Wildman–Crippen MR) is 112 cm³/mol. The molecule has 3 fully saturated rings. The molecule has 0 spiro atoms. The summed E-state index contributed by atoms with van der Waals surface area (Å²) in [6.07, 6.45) is 5.67. The molecule has 3 aliphatic rings. The number of amides is 1. The van der Waals surface area contributed by atoms with Gasteiger partial charge in [0, 0.05) is 38.1 Å². The molecule has 3 saturated heterocycles. The number of Topliss-reactive ketones (excluding diaryl/α,β-unsaturated/α-hetero) is 1. The van der Waals surface area contributed by atoms with Crippen LogP contribution >= 0.6 is 0 Å². The van der Waals surface area contributed by atoms with Gasteiger partial charge < -0.3 is 9.64 Å². The molecule has 3 atom stereocenters. The Hall–Kier alpha value is -2.28. The molecular weight excluding hydrogens is 399 g/mol. The maximum atomic E-state index is 13.4. The van der Waals surface area contributed by atoms with Gasteiger partial charge in [-0.1, -0.05) is 25.0 Å². The van der Waals surface area contributed by atoms with Gasteiger partial charge in [0.05, 0.1) is 13.5 Å². The molecule has 3 aliphatic heterocycles. The number of carbonyl (C=O) groups excluding carboxylic acids is 3. The van der Waals surface area contributed by atoms with E-state index < -0.39 is 11.4 Å². The van der Waals surface area contributed by atoms with Crippen LogP contribution in [0.25, 0.3) is 0 Å². The Kier molecular flexibility index (Phi) is 6.42. The first-order chi connectivity index (χ1) is 15.0. The average Bonchev–Trinajstić information content (AvgIpc) is 2.94. The molecule has 4 rings (SSSR count). The van der Waals surface area contributed by atoms with E-state index in [1.54, 1.807) is 12.1 Å². The van der Waals surface area contributed by atoms with E-state index in [-0.39, 0.29) is 42.4 Å². The van der Waals surface area contributed by atoms with Gasteiger partial charge in [-0.3, -0.25) is 19.3 Å². The lowest BCUT2D eigenvalue weighted by atomic mass is 9.69. The number of halogens is 1. The van der Waals surface area contributed by atoms with Gasteiger partial charge in [-0.05, 0) is 43.4 Å². The molecule has 1 aromatic carbocycles. The van der Waals surface area contributed by atoms with Crippen molar-refractivity contribution >= 4 is 17.7 Å². The number of ketones is 1. The molecule has 1 aromatic rings. The molecule has 31 heavy (non-hydrogen) atoms. The monoisotopic (exact) mass is 430 g/mol. The van der Waals surface area contributed by atoms with E-state index in [1.165, 1.54) is 19.2 Å². The third-order valence-electron chi connectivity index (χ3n) is 7.35. The lowest BCUT2D eigenvalue weighted by Crippen LogP contribution is -2.61. The van der Waals surface area contributed by atoms with Crippen LogP contribution < -0.4 is 0 Å². The summed E-state index contributed by atoms with van der Waals surface area (Å²) in [5.41, 5.74) is -0.546. The van der Waals surface area contributed by atoms with Crippen LogP contribution in [0.4, 0.5) is 4.39 Å². The van der Waals surface area contributed by atoms with Crippen molar-refractivity contribution < 1.29 is 23.5 Å². The van der Waals surface area contributed by atoms with E-state index in [1.807, 2.05) is 4.90 Å². The first-order valence-corrected chi connectivity index (χ1v) is 11.4. The SMILES string of the molecule is COC(=O)[C@]1(CC(=O)N2CCCCCC2)C(=O)C[C@H]2CC[C@@H]1N2Cc1ccc(F)cc1. The van der Waals surface area contributed by atoms with Gasteiger partial charge >= 0.3 is 5.97 Å². The van der Waals surface area contributed by atoms with Crippen LogP contribution in [-0.2, 0) is 25.7 Å². The van der Waals surface area contributed by atoms with Crippen molar-refractivity contribution in [2.45, 2.75) is 70.0 Å². The van der Waals surface area contributed by atoms with Crippen molar-refractivity contribution in [2.75, 3.05) is 20.2 Å². The molecule has 7 heteroatoms. The lowest BCUT2D eigenvalue weighted by molar-refractivity contribution is -0.171.